The first-order chi connectivity index (χ1) is 6.92. The van der Waals surface area contributed by atoms with Crippen molar-refractivity contribution in [3.05, 3.63) is 23.8 Å². The van der Waals surface area contributed by atoms with E-state index in [-0.39, 0.29) is 6.54 Å². The monoisotopic (exact) mass is 230 g/mol. The summed E-state index contributed by atoms with van der Waals surface area (Å²) in [6, 6.07) is 1.73. The lowest BCUT2D eigenvalue weighted by Gasteiger charge is -2.11. The lowest BCUT2D eigenvalue weighted by Crippen LogP contribution is -2.35. The summed E-state index contributed by atoms with van der Waals surface area (Å²) in [6.07, 6.45) is 1.41. The van der Waals surface area contributed by atoms with Gasteiger partial charge in [0, 0.05) is 19.8 Å². The fourth-order valence-corrected chi connectivity index (χ4v) is 1.49. The highest BCUT2D eigenvalue weighted by Gasteiger charge is 2.12. The Morgan fingerprint density at radius 2 is 2.07 bits per heavy atom. The average Bonchev–Trinajstić information content (AvgIpc) is 2.15. The molecule has 1 aromatic rings. The van der Waals surface area contributed by atoms with Crippen molar-refractivity contribution in [3.8, 4) is 0 Å². The van der Waals surface area contributed by atoms with Crippen molar-refractivity contribution in [1.82, 2.24) is 19.0 Å². The molecule has 0 fully saturated rings. The van der Waals surface area contributed by atoms with Crippen molar-refractivity contribution in [2.75, 3.05) is 14.1 Å². The van der Waals surface area contributed by atoms with Crippen LogP contribution in [0.5, 0.6) is 0 Å². The molecule has 0 saturated carbocycles. The molecule has 0 saturated heterocycles. The van der Waals surface area contributed by atoms with Gasteiger partial charge in [-0.05, 0) is 13.0 Å². The van der Waals surface area contributed by atoms with Crippen molar-refractivity contribution in [2.45, 2.75) is 13.5 Å². The lowest BCUT2D eigenvalue weighted by atomic mass is 10.3. The van der Waals surface area contributed by atoms with Crippen molar-refractivity contribution in [1.29, 1.82) is 0 Å². The maximum atomic E-state index is 11.4. The Hall–Kier alpha value is -1.05. The Morgan fingerprint density at radius 3 is 2.60 bits per heavy atom. The smallest absolute Gasteiger partial charge is 0.242 e. The zero-order chi connectivity index (χ0) is 11.5. The molecule has 1 aromatic heterocycles. The van der Waals surface area contributed by atoms with E-state index in [1.54, 1.807) is 6.07 Å². The molecule has 1 rings (SSSR count). The van der Waals surface area contributed by atoms with Gasteiger partial charge in [0.2, 0.25) is 0 Å². The van der Waals surface area contributed by atoms with E-state index in [2.05, 4.69) is 14.7 Å². The Labute approximate surface area is 89.5 Å². The van der Waals surface area contributed by atoms with E-state index in [9.17, 15) is 8.42 Å². The average molecular weight is 230 g/mol. The SMILES string of the molecule is Cc1cc(CNS(=O)(=O)N(C)C)ncn1. The first-order valence-corrected chi connectivity index (χ1v) is 5.80. The third-order valence-corrected chi connectivity index (χ3v) is 3.25. The summed E-state index contributed by atoms with van der Waals surface area (Å²) in [4.78, 5) is 7.87. The van der Waals surface area contributed by atoms with E-state index in [1.165, 1.54) is 20.4 Å². The minimum Gasteiger partial charge on any atom is -0.242 e. The molecule has 15 heavy (non-hydrogen) atoms. The van der Waals surface area contributed by atoms with Crippen LogP contribution >= 0.6 is 0 Å². The first kappa shape index (κ1) is 12.0. The fraction of sp³-hybridized carbons (Fsp3) is 0.500. The van der Waals surface area contributed by atoms with Gasteiger partial charge in [0.1, 0.15) is 6.33 Å². The predicted molar refractivity (Wildman–Crippen MR) is 56.2 cm³/mol. The molecule has 0 aliphatic carbocycles. The van der Waals surface area contributed by atoms with Gasteiger partial charge in [-0.15, -0.1) is 0 Å². The molecule has 0 aliphatic heterocycles. The Kier molecular flexibility index (Phi) is 3.72. The Morgan fingerprint density at radius 1 is 1.40 bits per heavy atom. The summed E-state index contributed by atoms with van der Waals surface area (Å²) in [5.41, 5.74) is 1.46. The van der Waals surface area contributed by atoms with Gasteiger partial charge in [-0.25, -0.2) is 9.97 Å². The van der Waals surface area contributed by atoms with Crippen LogP contribution in [0, 0.1) is 6.92 Å². The number of aryl methyl sites for hydroxylation is 1. The molecular weight excluding hydrogens is 216 g/mol. The van der Waals surface area contributed by atoms with Crippen molar-refractivity contribution in [3.63, 3.8) is 0 Å². The van der Waals surface area contributed by atoms with Crippen LogP contribution < -0.4 is 4.72 Å². The van der Waals surface area contributed by atoms with Gasteiger partial charge in [0.15, 0.2) is 0 Å². The van der Waals surface area contributed by atoms with Gasteiger partial charge >= 0.3 is 0 Å². The fourth-order valence-electron chi connectivity index (χ4n) is 0.901. The van der Waals surface area contributed by atoms with Crippen LogP contribution in [-0.4, -0.2) is 36.8 Å². The number of hydrogen-bond donors (Lipinski definition) is 1. The molecule has 6 nitrogen and oxygen atoms in total. The van der Waals surface area contributed by atoms with Crippen LogP contribution in [0.4, 0.5) is 0 Å². The van der Waals surface area contributed by atoms with E-state index in [0.717, 1.165) is 10.00 Å². The second kappa shape index (κ2) is 4.65. The number of nitrogens with zero attached hydrogens (tertiary/aromatic N) is 3. The second-order valence-electron chi connectivity index (χ2n) is 3.26. The van der Waals surface area contributed by atoms with Crippen molar-refractivity contribution >= 4 is 10.2 Å². The summed E-state index contributed by atoms with van der Waals surface area (Å²) in [5, 5.41) is 0. The largest absolute Gasteiger partial charge is 0.279 e. The van der Waals surface area contributed by atoms with Crippen molar-refractivity contribution < 1.29 is 8.42 Å². The highest BCUT2D eigenvalue weighted by atomic mass is 32.2. The number of rotatable bonds is 4. The maximum Gasteiger partial charge on any atom is 0.279 e. The minimum atomic E-state index is -3.39. The molecule has 0 unspecified atom stereocenters. The molecule has 1 N–H and O–H groups in total. The van der Waals surface area contributed by atoms with E-state index < -0.39 is 10.2 Å². The van der Waals surface area contributed by atoms with E-state index >= 15 is 0 Å². The van der Waals surface area contributed by atoms with Crippen LogP contribution in [0.2, 0.25) is 0 Å². The molecule has 0 aliphatic rings. The summed E-state index contributed by atoms with van der Waals surface area (Å²) in [7, 11) is -0.455. The minimum absolute atomic E-state index is 0.171. The molecule has 0 radical (unpaired) electrons. The van der Waals surface area contributed by atoms with E-state index in [1.807, 2.05) is 6.92 Å². The molecule has 84 valence electrons. The topological polar surface area (TPSA) is 75.2 Å². The Balaban J connectivity index is 2.66. The van der Waals surface area contributed by atoms with E-state index in [0.29, 0.717) is 5.69 Å². The third-order valence-electron chi connectivity index (χ3n) is 1.78. The predicted octanol–water partition coefficient (Wildman–Crippen LogP) is -0.319. The van der Waals surface area contributed by atoms with Crippen LogP contribution in [0.3, 0.4) is 0 Å². The van der Waals surface area contributed by atoms with Crippen LogP contribution in [0.15, 0.2) is 12.4 Å². The van der Waals surface area contributed by atoms with Gasteiger partial charge in [0.25, 0.3) is 10.2 Å². The number of hydrogen-bond acceptors (Lipinski definition) is 4. The first-order valence-electron chi connectivity index (χ1n) is 4.36. The number of aromatic nitrogens is 2. The highest BCUT2D eigenvalue weighted by molar-refractivity contribution is 7.87. The normalized spacial score (nSPS) is 12.0. The second-order valence-corrected chi connectivity index (χ2v) is 5.23. The summed E-state index contributed by atoms with van der Waals surface area (Å²) in [5.74, 6) is 0. The van der Waals surface area contributed by atoms with Crippen molar-refractivity contribution in [2.24, 2.45) is 0 Å². The van der Waals surface area contributed by atoms with Gasteiger partial charge in [-0.3, -0.25) is 0 Å². The molecule has 0 amide bonds. The van der Waals surface area contributed by atoms with Gasteiger partial charge in [-0.2, -0.15) is 17.4 Å². The zero-order valence-electron chi connectivity index (χ0n) is 8.93. The number of nitrogens with one attached hydrogen (secondary N) is 1. The maximum absolute atomic E-state index is 11.4. The van der Waals surface area contributed by atoms with Crippen LogP contribution in [0.1, 0.15) is 11.4 Å². The summed E-state index contributed by atoms with van der Waals surface area (Å²) >= 11 is 0. The van der Waals surface area contributed by atoms with Crippen LogP contribution in [-0.2, 0) is 16.8 Å². The summed E-state index contributed by atoms with van der Waals surface area (Å²) < 4.78 is 26.2. The standard InChI is InChI=1S/C8H14N4O2S/c1-7-4-8(10-6-9-7)5-11-15(13,14)12(2)3/h4,6,11H,5H2,1-3H3. The summed E-state index contributed by atoms with van der Waals surface area (Å²) in [6.45, 7) is 2.00. The Bertz CT molecular complexity index is 430. The molecular formula is C8H14N4O2S. The van der Waals surface area contributed by atoms with E-state index in [4.69, 9.17) is 0 Å². The van der Waals surface area contributed by atoms with Gasteiger partial charge in [-0.1, -0.05) is 0 Å². The zero-order valence-corrected chi connectivity index (χ0v) is 9.74. The van der Waals surface area contributed by atoms with Gasteiger partial charge < -0.3 is 0 Å². The van der Waals surface area contributed by atoms with Crippen LogP contribution in [0.25, 0.3) is 0 Å². The van der Waals surface area contributed by atoms with Gasteiger partial charge in [0.05, 0.1) is 12.2 Å². The molecule has 0 aromatic carbocycles. The molecule has 0 spiro atoms. The molecule has 0 bridgehead atoms. The third kappa shape index (κ3) is 3.54. The lowest BCUT2D eigenvalue weighted by molar-refractivity contribution is 0.504. The molecule has 7 heteroatoms. The highest BCUT2D eigenvalue weighted by Crippen LogP contribution is 1.97. The molecule has 1 heterocycles. The molecule has 0 atom stereocenters. The quantitative estimate of drug-likeness (QED) is 0.769.